The van der Waals surface area contributed by atoms with E-state index in [4.69, 9.17) is 4.74 Å². The van der Waals surface area contributed by atoms with Crippen LogP contribution >= 0.6 is 22.6 Å². The van der Waals surface area contributed by atoms with Gasteiger partial charge < -0.3 is 10.1 Å². The molecule has 0 saturated carbocycles. The van der Waals surface area contributed by atoms with E-state index in [1.54, 1.807) is 18.2 Å². The zero-order valence-corrected chi connectivity index (χ0v) is 15.1. The summed E-state index contributed by atoms with van der Waals surface area (Å²) in [6, 6.07) is 11.1. The highest BCUT2D eigenvalue weighted by Crippen LogP contribution is 2.34. The molecule has 25 heavy (non-hydrogen) atoms. The van der Waals surface area contributed by atoms with Gasteiger partial charge in [0.25, 0.3) is 5.91 Å². The Labute approximate surface area is 155 Å². The van der Waals surface area contributed by atoms with E-state index in [1.165, 1.54) is 25.1 Å². The summed E-state index contributed by atoms with van der Waals surface area (Å²) in [5.74, 6) is -1.58. The fourth-order valence-corrected chi connectivity index (χ4v) is 2.51. The second kappa shape index (κ2) is 7.85. The molecule has 2 aromatic carbocycles. The monoisotopic (exact) mass is 463 g/mol. The first-order valence-electron chi connectivity index (χ1n) is 7.12. The van der Waals surface area contributed by atoms with Crippen LogP contribution in [0.25, 0.3) is 0 Å². The number of anilines is 1. The molecular weight excluding hydrogens is 450 g/mol. The van der Waals surface area contributed by atoms with E-state index in [0.29, 0.717) is 0 Å². The number of carbonyl (C=O) groups is 2. The maximum atomic E-state index is 12.9. The van der Waals surface area contributed by atoms with Crippen molar-refractivity contribution in [2.45, 2.75) is 19.2 Å². The number of esters is 1. The van der Waals surface area contributed by atoms with Crippen LogP contribution in [0.5, 0.6) is 0 Å². The number of halogens is 4. The number of amides is 1. The average Bonchev–Trinajstić information content (AvgIpc) is 2.54. The Morgan fingerprint density at radius 1 is 1.12 bits per heavy atom. The molecule has 0 spiro atoms. The Morgan fingerprint density at radius 2 is 1.80 bits per heavy atom. The Hall–Kier alpha value is -2.10. The van der Waals surface area contributed by atoms with Gasteiger partial charge in [-0.05, 0) is 59.8 Å². The van der Waals surface area contributed by atoms with Crippen molar-refractivity contribution in [2.24, 2.45) is 0 Å². The maximum Gasteiger partial charge on any atom is 0.418 e. The van der Waals surface area contributed by atoms with Crippen LogP contribution in [0.15, 0.2) is 48.5 Å². The molecule has 0 fully saturated rings. The third-order valence-electron chi connectivity index (χ3n) is 3.20. The second-order valence-electron chi connectivity index (χ2n) is 5.09. The number of ether oxygens (including phenoxy) is 1. The van der Waals surface area contributed by atoms with Crippen molar-refractivity contribution in [3.63, 3.8) is 0 Å². The van der Waals surface area contributed by atoms with Gasteiger partial charge in [0.05, 0.1) is 16.8 Å². The molecule has 132 valence electrons. The number of benzene rings is 2. The van der Waals surface area contributed by atoms with Gasteiger partial charge in [0.2, 0.25) is 0 Å². The van der Waals surface area contributed by atoms with Crippen molar-refractivity contribution in [2.75, 3.05) is 5.32 Å². The molecule has 0 radical (unpaired) electrons. The van der Waals surface area contributed by atoms with Gasteiger partial charge >= 0.3 is 12.1 Å². The van der Waals surface area contributed by atoms with Crippen molar-refractivity contribution in [1.82, 2.24) is 0 Å². The van der Waals surface area contributed by atoms with Crippen molar-refractivity contribution >= 4 is 40.2 Å². The van der Waals surface area contributed by atoms with E-state index in [1.807, 2.05) is 22.6 Å². The van der Waals surface area contributed by atoms with Gasteiger partial charge in [-0.2, -0.15) is 13.2 Å². The summed E-state index contributed by atoms with van der Waals surface area (Å²) in [7, 11) is 0. The zero-order valence-electron chi connectivity index (χ0n) is 12.9. The molecule has 1 amide bonds. The van der Waals surface area contributed by atoms with Crippen molar-refractivity contribution in [3.05, 3.63) is 63.2 Å². The highest BCUT2D eigenvalue weighted by molar-refractivity contribution is 14.1. The predicted octanol–water partition coefficient (Wildman–Crippen LogP) is 4.49. The van der Waals surface area contributed by atoms with E-state index in [2.05, 4.69) is 5.32 Å². The van der Waals surface area contributed by atoms with E-state index in [9.17, 15) is 22.8 Å². The van der Waals surface area contributed by atoms with Crippen LogP contribution in [0.2, 0.25) is 0 Å². The SMILES string of the molecule is CC(OC(=O)c1cccc(I)c1)C(=O)Nc1ccccc1C(F)(F)F. The van der Waals surface area contributed by atoms with E-state index in [0.717, 1.165) is 15.7 Å². The number of alkyl halides is 3. The van der Waals surface area contributed by atoms with Crippen molar-refractivity contribution in [1.29, 1.82) is 0 Å². The van der Waals surface area contributed by atoms with Crippen LogP contribution in [0.1, 0.15) is 22.8 Å². The summed E-state index contributed by atoms with van der Waals surface area (Å²) in [4.78, 5) is 24.1. The standard InChI is InChI=1S/C17H13F3INO3/c1-10(25-16(24)11-5-4-6-12(21)9-11)15(23)22-14-8-3-2-7-13(14)17(18,19)20/h2-10H,1H3,(H,22,23). The first-order valence-corrected chi connectivity index (χ1v) is 8.20. The van der Waals surface area contributed by atoms with Gasteiger partial charge in [-0.15, -0.1) is 0 Å². The van der Waals surface area contributed by atoms with Gasteiger partial charge in [-0.3, -0.25) is 4.79 Å². The maximum absolute atomic E-state index is 12.9. The summed E-state index contributed by atoms with van der Waals surface area (Å²) in [5.41, 5.74) is -1.11. The Kier molecular flexibility index (Phi) is 6.04. The topological polar surface area (TPSA) is 55.4 Å². The van der Waals surface area contributed by atoms with Gasteiger partial charge in [0.1, 0.15) is 0 Å². The lowest BCUT2D eigenvalue weighted by Gasteiger charge is -2.16. The third-order valence-corrected chi connectivity index (χ3v) is 3.87. The van der Waals surface area contributed by atoms with Crippen LogP contribution < -0.4 is 5.32 Å². The van der Waals surface area contributed by atoms with Gasteiger partial charge in [0, 0.05) is 3.57 Å². The van der Waals surface area contributed by atoms with Gasteiger partial charge in [0.15, 0.2) is 6.10 Å². The number of hydrogen-bond donors (Lipinski definition) is 1. The van der Waals surface area contributed by atoms with Crippen LogP contribution in [0.4, 0.5) is 18.9 Å². The molecule has 1 N–H and O–H groups in total. The normalized spacial score (nSPS) is 12.4. The van der Waals surface area contributed by atoms with Crippen molar-refractivity contribution < 1.29 is 27.5 Å². The number of para-hydroxylation sites is 1. The molecule has 2 rings (SSSR count). The lowest BCUT2D eigenvalue weighted by molar-refractivity contribution is -0.137. The Morgan fingerprint density at radius 3 is 2.44 bits per heavy atom. The number of rotatable bonds is 4. The summed E-state index contributed by atoms with van der Waals surface area (Å²) in [5, 5.41) is 2.15. The summed E-state index contributed by atoms with van der Waals surface area (Å²) in [6.45, 7) is 1.29. The fraction of sp³-hybridized carbons (Fsp3) is 0.176. The lowest BCUT2D eigenvalue weighted by Crippen LogP contribution is -2.30. The molecule has 8 heteroatoms. The predicted molar refractivity (Wildman–Crippen MR) is 94.1 cm³/mol. The van der Waals surface area contributed by atoms with Crippen LogP contribution in [0, 0.1) is 3.57 Å². The molecule has 1 unspecified atom stereocenters. The lowest BCUT2D eigenvalue weighted by atomic mass is 10.1. The molecule has 0 aliphatic carbocycles. The van der Waals surface area contributed by atoms with Crippen molar-refractivity contribution in [3.8, 4) is 0 Å². The molecule has 2 aromatic rings. The number of nitrogens with one attached hydrogen (secondary N) is 1. The summed E-state index contributed by atoms with van der Waals surface area (Å²) < 4.78 is 44.6. The molecule has 0 heterocycles. The third kappa shape index (κ3) is 5.18. The molecule has 0 aliphatic heterocycles. The average molecular weight is 463 g/mol. The highest BCUT2D eigenvalue weighted by Gasteiger charge is 2.34. The smallest absolute Gasteiger partial charge is 0.418 e. The fourth-order valence-electron chi connectivity index (χ4n) is 1.97. The van der Waals surface area contributed by atoms with Gasteiger partial charge in [-0.1, -0.05) is 18.2 Å². The summed E-state index contributed by atoms with van der Waals surface area (Å²) in [6.07, 6.45) is -5.86. The largest absolute Gasteiger partial charge is 0.449 e. The van der Waals surface area contributed by atoms with Crippen LogP contribution in [-0.2, 0) is 15.7 Å². The number of carbonyl (C=O) groups excluding carboxylic acids is 2. The Bertz CT molecular complexity index is 793. The summed E-state index contributed by atoms with van der Waals surface area (Å²) >= 11 is 2.02. The van der Waals surface area contributed by atoms with E-state index >= 15 is 0 Å². The molecule has 1 atom stereocenters. The first-order chi connectivity index (χ1) is 11.7. The first kappa shape index (κ1) is 19.2. The molecule has 0 saturated heterocycles. The second-order valence-corrected chi connectivity index (χ2v) is 6.34. The van der Waals surface area contributed by atoms with E-state index < -0.39 is 35.4 Å². The van der Waals surface area contributed by atoms with Gasteiger partial charge in [-0.25, -0.2) is 4.79 Å². The quantitative estimate of drug-likeness (QED) is 0.537. The molecular formula is C17H13F3INO3. The minimum absolute atomic E-state index is 0.252. The minimum atomic E-state index is -4.61. The molecule has 0 aromatic heterocycles. The Balaban J connectivity index is 2.08. The minimum Gasteiger partial charge on any atom is -0.449 e. The highest BCUT2D eigenvalue weighted by atomic mass is 127. The van der Waals surface area contributed by atoms with E-state index in [-0.39, 0.29) is 5.56 Å². The zero-order chi connectivity index (χ0) is 18.6. The van der Waals surface area contributed by atoms with Crippen LogP contribution in [0.3, 0.4) is 0 Å². The van der Waals surface area contributed by atoms with Crippen LogP contribution in [-0.4, -0.2) is 18.0 Å². The molecule has 0 aliphatic rings. The molecule has 0 bridgehead atoms. The molecule has 4 nitrogen and oxygen atoms in total. The number of hydrogen-bond acceptors (Lipinski definition) is 3.